The minimum atomic E-state index is -0.502. The molecule has 0 heterocycles. The Labute approximate surface area is 102 Å². The molecule has 0 bridgehead atoms. The molecule has 0 saturated heterocycles. The Kier molecular flexibility index (Phi) is 4.16. The van der Waals surface area contributed by atoms with E-state index in [9.17, 15) is 9.90 Å². The SMILES string of the molecule is CCc1cc(O)cc(OC(=O)C(C)(C)CC)c1. The van der Waals surface area contributed by atoms with E-state index in [2.05, 4.69) is 0 Å². The van der Waals surface area contributed by atoms with Crippen LogP contribution in [0.1, 0.15) is 39.7 Å². The molecular formula is C14H20O3. The van der Waals surface area contributed by atoms with Gasteiger partial charge in [0.15, 0.2) is 0 Å². The number of carbonyl (C=O) groups excluding carboxylic acids is 1. The fourth-order valence-corrected chi connectivity index (χ4v) is 1.30. The van der Waals surface area contributed by atoms with Gasteiger partial charge in [-0.2, -0.15) is 0 Å². The van der Waals surface area contributed by atoms with Crippen LogP contribution in [0.15, 0.2) is 18.2 Å². The van der Waals surface area contributed by atoms with Gasteiger partial charge in [-0.3, -0.25) is 4.79 Å². The van der Waals surface area contributed by atoms with Crippen LogP contribution in [0.2, 0.25) is 0 Å². The largest absolute Gasteiger partial charge is 0.508 e. The summed E-state index contributed by atoms with van der Waals surface area (Å²) in [5, 5.41) is 9.51. The van der Waals surface area contributed by atoms with Crippen LogP contribution in [0, 0.1) is 5.41 Å². The van der Waals surface area contributed by atoms with E-state index >= 15 is 0 Å². The quantitative estimate of drug-likeness (QED) is 0.644. The highest BCUT2D eigenvalue weighted by molar-refractivity contribution is 5.78. The molecule has 0 aromatic heterocycles. The maximum Gasteiger partial charge on any atom is 0.316 e. The Bertz CT molecular complexity index is 408. The maximum absolute atomic E-state index is 11.9. The van der Waals surface area contributed by atoms with Crippen LogP contribution in [0.25, 0.3) is 0 Å². The molecule has 1 rings (SSSR count). The molecule has 0 aliphatic rings. The molecule has 1 aromatic rings. The average molecular weight is 236 g/mol. The number of carbonyl (C=O) groups is 1. The van der Waals surface area contributed by atoms with E-state index < -0.39 is 5.41 Å². The first-order valence-electron chi connectivity index (χ1n) is 5.94. The van der Waals surface area contributed by atoms with Crippen molar-refractivity contribution in [1.29, 1.82) is 0 Å². The summed E-state index contributed by atoms with van der Waals surface area (Å²) in [5.41, 5.74) is 0.444. The van der Waals surface area contributed by atoms with Crippen LogP contribution in [0.4, 0.5) is 0 Å². The van der Waals surface area contributed by atoms with Gasteiger partial charge in [0.1, 0.15) is 11.5 Å². The number of aromatic hydroxyl groups is 1. The monoisotopic (exact) mass is 236 g/mol. The number of hydrogen-bond donors (Lipinski definition) is 1. The first kappa shape index (κ1) is 13.6. The molecule has 0 fully saturated rings. The molecule has 0 spiro atoms. The Balaban J connectivity index is 2.88. The van der Waals surface area contributed by atoms with E-state index in [4.69, 9.17) is 4.74 Å². The van der Waals surface area contributed by atoms with E-state index in [0.717, 1.165) is 12.0 Å². The molecular weight excluding hydrogens is 216 g/mol. The highest BCUT2D eigenvalue weighted by Crippen LogP contribution is 2.26. The molecule has 0 radical (unpaired) electrons. The molecule has 1 aromatic carbocycles. The van der Waals surface area contributed by atoms with Crippen molar-refractivity contribution in [2.45, 2.75) is 40.5 Å². The second kappa shape index (κ2) is 5.21. The minimum absolute atomic E-state index is 0.126. The van der Waals surface area contributed by atoms with Gasteiger partial charge in [0, 0.05) is 6.07 Å². The van der Waals surface area contributed by atoms with Crippen LogP contribution in [0.3, 0.4) is 0 Å². The highest BCUT2D eigenvalue weighted by Gasteiger charge is 2.27. The van der Waals surface area contributed by atoms with Crippen LogP contribution >= 0.6 is 0 Å². The average Bonchev–Trinajstić information content (AvgIpc) is 2.28. The first-order valence-corrected chi connectivity index (χ1v) is 5.94. The third-order valence-corrected chi connectivity index (χ3v) is 3.01. The number of ether oxygens (including phenoxy) is 1. The van der Waals surface area contributed by atoms with Gasteiger partial charge >= 0.3 is 5.97 Å². The maximum atomic E-state index is 11.9. The summed E-state index contributed by atoms with van der Waals surface area (Å²) in [6, 6.07) is 4.91. The summed E-state index contributed by atoms with van der Waals surface area (Å²) < 4.78 is 5.29. The van der Waals surface area contributed by atoms with Crippen molar-refractivity contribution in [3.05, 3.63) is 23.8 Å². The lowest BCUT2D eigenvalue weighted by molar-refractivity contribution is -0.144. The van der Waals surface area contributed by atoms with Crippen LogP contribution in [-0.4, -0.2) is 11.1 Å². The lowest BCUT2D eigenvalue weighted by Gasteiger charge is -2.20. The number of aryl methyl sites for hydroxylation is 1. The Hall–Kier alpha value is -1.51. The van der Waals surface area contributed by atoms with Crippen molar-refractivity contribution in [1.82, 2.24) is 0 Å². The van der Waals surface area contributed by atoms with Gasteiger partial charge in [-0.1, -0.05) is 13.8 Å². The number of rotatable bonds is 4. The number of phenolic OH excluding ortho intramolecular Hbond substituents is 1. The third-order valence-electron chi connectivity index (χ3n) is 3.01. The van der Waals surface area contributed by atoms with Crippen molar-refractivity contribution in [2.24, 2.45) is 5.41 Å². The standard InChI is InChI=1S/C14H20O3/c1-5-10-7-11(15)9-12(8-10)17-13(16)14(3,4)6-2/h7-9,15H,5-6H2,1-4H3. The molecule has 0 aliphatic heterocycles. The third kappa shape index (κ3) is 3.48. The molecule has 3 nitrogen and oxygen atoms in total. The molecule has 0 aliphatic carbocycles. The lowest BCUT2D eigenvalue weighted by Crippen LogP contribution is -2.28. The van der Waals surface area contributed by atoms with Crippen molar-refractivity contribution in [3.8, 4) is 11.5 Å². The molecule has 94 valence electrons. The van der Waals surface area contributed by atoms with Crippen LogP contribution < -0.4 is 4.74 Å². The zero-order valence-electron chi connectivity index (χ0n) is 10.9. The second-order valence-electron chi connectivity index (χ2n) is 4.82. The smallest absolute Gasteiger partial charge is 0.316 e. The summed E-state index contributed by atoms with van der Waals surface area (Å²) >= 11 is 0. The second-order valence-corrected chi connectivity index (χ2v) is 4.82. The predicted molar refractivity (Wildman–Crippen MR) is 67.2 cm³/mol. The van der Waals surface area contributed by atoms with Gasteiger partial charge in [0.2, 0.25) is 0 Å². The zero-order chi connectivity index (χ0) is 13.1. The normalized spacial score (nSPS) is 11.3. The van der Waals surface area contributed by atoms with Crippen LogP contribution in [-0.2, 0) is 11.2 Å². The summed E-state index contributed by atoms with van der Waals surface area (Å²) in [4.78, 5) is 11.9. The lowest BCUT2D eigenvalue weighted by atomic mass is 9.91. The molecule has 3 heteroatoms. The topological polar surface area (TPSA) is 46.5 Å². The molecule has 17 heavy (non-hydrogen) atoms. The van der Waals surface area contributed by atoms with E-state index in [1.165, 1.54) is 6.07 Å². The van der Waals surface area contributed by atoms with Crippen LogP contribution in [0.5, 0.6) is 11.5 Å². The van der Waals surface area contributed by atoms with Gasteiger partial charge in [-0.25, -0.2) is 0 Å². The summed E-state index contributed by atoms with van der Waals surface area (Å²) in [7, 11) is 0. The van der Waals surface area contributed by atoms with Gasteiger partial charge in [-0.05, 0) is 44.4 Å². The predicted octanol–water partition coefficient (Wildman–Crippen LogP) is 3.30. The number of hydrogen-bond acceptors (Lipinski definition) is 3. The minimum Gasteiger partial charge on any atom is -0.508 e. The van der Waals surface area contributed by atoms with Crippen molar-refractivity contribution in [3.63, 3.8) is 0 Å². The summed E-state index contributed by atoms with van der Waals surface area (Å²) in [5.74, 6) is 0.266. The van der Waals surface area contributed by atoms with Crippen molar-refractivity contribution >= 4 is 5.97 Å². The fourth-order valence-electron chi connectivity index (χ4n) is 1.30. The van der Waals surface area contributed by atoms with Gasteiger partial charge < -0.3 is 9.84 Å². The van der Waals surface area contributed by atoms with Gasteiger partial charge in [-0.15, -0.1) is 0 Å². The number of phenols is 1. The number of esters is 1. The summed E-state index contributed by atoms with van der Waals surface area (Å²) in [6.07, 6.45) is 1.50. The van der Waals surface area contributed by atoms with Crippen molar-refractivity contribution < 1.29 is 14.6 Å². The Morgan fingerprint density at radius 2 is 1.94 bits per heavy atom. The molecule has 0 unspecified atom stereocenters. The fraction of sp³-hybridized carbons (Fsp3) is 0.500. The molecule has 1 N–H and O–H groups in total. The Morgan fingerprint density at radius 3 is 2.47 bits per heavy atom. The molecule has 0 saturated carbocycles. The number of benzene rings is 1. The molecule has 0 amide bonds. The molecule has 0 atom stereocenters. The zero-order valence-corrected chi connectivity index (χ0v) is 10.9. The van der Waals surface area contributed by atoms with E-state index in [1.807, 2.05) is 27.7 Å². The van der Waals surface area contributed by atoms with Gasteiger partial charge in [0.05, 0.1) is 5.41 Å². The highest BCUT2D eigenvalue weighted by atomic mass is 16.5. The Morgan fingerprint density at radius 1 is 1.29 bits per heavy atom. The van der Waals surface area contributed by atoms with E-state index in [1.54, 1.807) is 12.1 Å². The first-order chi connectivity index (χ1) is 7.89. The van der Waals surface area contributed by atoms with E-state index in [-0.39, 0.29) is 11.7 Å². The van der Waals surface area contributed by atoms with Crippen molar-refractivity contribution in [2.75, 3.05) is 0 Å². The van der Waals surface area contributed by atoms with Gasteiger partial charge in [0.25, 0.3) is 0 Å². The van der Waals surface area contributed by atoms with E-state index in [0.29, 0.717) is 12.2 Å². The summed E-state index contributed by atoms with van der Waals surface area (Å²) in [6.45, 7) is 7.62.